The molecule has 1 aliphatic heterocycles. The number of alkyl halides is 4. The molecule has 1 aliphatic rings. The summed E-state index contributed by atoms with van der Waals surface area (Å²) < 4.78 is 54.5. The first-order valence-electron chi connectivity index (χ1n) is 3.41. The number of hydrogen-bond donors (Lipinski definition) is 0. The van der Waals surface area contributed by atoms with E-state index in [1.165, 1.54) is 6.07 Å². The molecule has 0 saturated heterocycles. The van der Waals surface area contributed by atoms with Crippen LogP contribution >= 0.6 is 0 Å². The predicted molar refractivity (Wildman–Crippen MR) is 34.7 cm³/mol. The summed E-state index contributed by atoms with van der Waals surface area (Å²) in [6.07, 6.45) is -4.47. The third kappa shape index (κ3) is 0.928. The molecule has 0 aliphatic carbocycles. The second-order valence-corrected chi connectivity index (χ2v) is 2.60. The topological polar surface area (TPSA) is 9.23 Å². The predicted octanol–water partition coefficient (Wildman–Crippen LogP) is 2.56. The number of rotatable bonds is 0. The summed E-state index contributed by atoms with van der Waals surface area (Å²) in [6, 6.07) is 5.53. The lowest BCUT2D eigenvalue weighted by atomic mass is 10.1. The van der Waals surface area contributed by atoms with Crippen LogP contribution in [-0.4, -0.2) is 6.11 Å². The van der Waals surface area contributed by atoms with Gasteiger partial charge >= 0.3 is 12.0 Å². The van der Waals surface area contributed by atoms with E-state index in [-0.39, 0.29) is 0 Å². The standard InChI is InChI=1S/C8H3F4O/c9-7(10)5-3-1-2-4-6(5)13-8(7,11)12/h1-2,4H. The fraction of sp³-hybridized carbons (Fsp3) is 0.250. The summed E-state index contributed by atoms with van der Waals surface area (Å²) in [5, 5.41) is 0. The molecule has 1 aromatic rings. The number of benzene rings is 1. The molecule has 1 radical (unpaired) electrons. The van der Waals surface area contributed by atoms with Crippen LogP contribution < -0.4 is 4.74 Å². The Labute approximate surface area is 70.9 Å². The van der Waals surface area contributed by atoms with Gasteiger partial charge in [0, 0.05) is 0 Å². The maximum atomic E-state index is 12.8. The average Bonchev–Trinajstić information content (AvgIpc) is 2.20. The van der Waals surface area contributed by atoms with Crippen molar-refractivity contribution in [2.45, 2.75) is 12.0 Å². The van der Waals surface area contributed by atoms with Gasteiger partial charge in [0.2, 0.25) is 0 Å². The lowest BCUT2D eigenvalue weighted by Crippen LogP contribution is -2.36. The Morgan fingerprint density at radius 1 is 1.23 bits per heavy atom. The van der Waals surface area contributed by atoms with E-state index < -0.39 is 23.3 Å². The minimum absolute atomic E-state index is 0.516. The Hall–Kier alpha value is -1.26. The van der Waals surface area contributed by atoms with Gasteiger partial charge in [-0.05, 0) is 12.1 Å². The van der Waals surface area contributed by atoms with Gasteiger partial charge in [-0.1, -0.05) is 12.1 Å². The minimum Gasteiger partial charge on any atom is -0.427 e. The van der Waals surface area contributed by atoms with Crippen molar-refractivity contribution in [1.82, 2.24) is 0 Å². The first-order chi connectivity index (χ1) is 5.95. The van der Waals surface area contributed by atoms with Crippen molar-refractivity contribution in [2.75, 3.05) is 0 Å². The number of ether oxygens (including phenoxy) is 1. The molecular weight excluding hydrogens is 188 g/mol. The zero-order valence-electron chi connectivity index (χ0n) is 6.15. The van der Waals surface area contributed by atoms with Crippen LogP contribution in [0, 0.1) is 6.07 Å². The summed E-state index contributed by atoms with van der Waals surface area (Å²) in [4.78, 5) is 0. The van der Waals surface area contributed by atoms with Crippen molar-refractivity contribution >= 4 is 0 Å². The van der Waals surface area contributed by atoms with E-state index in [0.717, 1.165) is 12.1 Å². The fourth-order valence-corrected chi connectivity index (χ4v) is 1.10. The first kappa shape index (κ1) is 8.34. The quantitative estimate of drug-likeness (QED) is 0.572. The van der Waals surface area contributed by atoms with Crippen LogP contribution in [-0.2, 0) is 5.92 Å². The van der Waals surface area contributed by atoms with E-state index in [1.54, 1.807) is 0 Å². The lowest BCUT2D eigenvalue weighted by Gasteiger charge is -2.15. The molecule has 0 amide bonds. The van der Waals surface area contributed by atoms with Crippen molar-refractivity contribution in [3.8, 4) is 5.75 Å². The Bertz CT molecular complexity index is 348. The van der Waals surface area contributed by atoms with Gasteiger partial charge < -0.3 is 4.74 Å². The van der Waals surface area contributed by atoms with Crippen LogP contribution in [0.3, 0.4) is 0 Å². The van der Waals surface area contributed by atoms with Crippen molar-refractivity contribution in [3.63, 3.8) is 0 Å². The van der Waals surface area contributed by atoms with Crippen LogP contribution in [0.15, 0.2) is 18.2 Å². The second kappa shape index (κ2) is 2.16. The molecule has 5 heteroatoms. The molecule has 0 N–H and O–H groups in total. The van der Waals surface area contributed by atoms with E-state index in [9.17, 15) is 17.6 Å². The zero-order chi connectivity index (χ0) is 9.69. The largest absolute Gasteiger partial charge is 0.469 e. The molecule has 0 atom stereocenters. The molecule has 0 bridgehead atoms. The van der Waals surface area contributed by atoms with Gasteiger partial charge in [-0.15, -0.1) is 0 Å². The minimum atomic E-state index is -4.47. The zero-order valence-corrected chi connectivity index (χ0v) is 6.15. The molecular formula is C8H3F4O. The molecule has 0 unspecified atom stereocenters. The van der Waals surface area contributed by atoms with Gasteiger partial charge in [-0.25, -0.2) is 0 Å². The lowest BCUT2D eigenvalue weighted by molar-refractivity contribution is -0.296. The highest BCUT2D eigenvalue weighted by Gasteiger charge is 2.66. The number of fused-ring (bicyclic) bond motifs is 1. The molecule has 0 saturated carbocycles. The molecule has 69 valence electrons. The number of halogens is 4. The van der Waals surface area contributed by atoms with Crippen LogP contribution in [0.5, 0.6) is 5.75 Å². The van der Waals surface area contributed by atoms with Crippen LogP contribution in [0.2, 0.25) is 0 Å². The van der Waals surface area contributed by atoms with Crippen LogP contribution in [0.4, 0.5) is 17.6 Å². The summed E-state index contributed by atoms with van der Waals surface area (Å²) in [5.41, 5.74) is -0.889. The van der Waals surface area contributed by atoms with Crippen LogP contribution in [0.25, 0.3) is 0 Å². The molecule has 2 rings (SSSR count). The second-order valence-electron chi connectivity index (χ2n) is 2.60. The van der Waals surface area contributed by atoms with Crippen molar-refractivity contribution in [1.29, 1.82) is 0 Å². The van der Waals surface area contributed by atoms with Gasteiger partial charge in [-0.3, -0.25) is 0 Å². The molecule has 1 heterocycles. The molecule has 0 fully saturated rings. The Balaban J connectivity index is 2.60. The van der Waals surface area contributed by atoms with Crippen molar-refractivity contribution in [2.24, 2.45) is 0 Å². The highest BCUT2D eigenvalue weighted by molar-refractivity contribution is 5.40. The molecule has 0 spiro atoms. The first-order valence-corrected chi connectivity index (χ1v) is 3.41. The van der Waals surface area contributed by atoms with Crippen LogP contribution in [0.1, 0.15) is 5.56 Å². The monoisotopic (exact) mass is 191 g/mol. The maximum Gasteiger partial charge on any atom is 0.469 e. The van der Waals surface area contributed by atoms with Gasteiger partial charge in [0.15, 0.2) is 0 Å². The highest BCUT2D eigenvalue weighted by Crippen LogP contribution is 2.52. The SMILES string of the molecule is FC1(F)Oc2ccc[c]c2C1(F)F. The number of hydrogen-bond acceptors (Lipinski definition) is 1. The van der Waals surface area contributed by atoms with Gasteiger partial charge in [-0.2, -0.15) is 17.6 Å². The summed E-state index contributed by atoms with van der Waals surface area (Å²) >= 11 is 0. The smallest absolute Gasteiger partial charge is 0.427 e. The van der Waals surface area contributed by atoms with E-state index in [4.69, 9.17) is 0 Å². The average molecular weight is 191 g/mol. The van der Waals surface area contributed by atoms with Gasteiger partial charge in [0.25, 0.3) is 0 Å². The van der Waals surface area contributed by atoms with Crippen molar-refractivity contribution in [3.05, 3.63) is 29.8 Å². The van der Waals surface area contributed by atoms with Crippen molar-refractivity contribution < 1.29 is 22.3 Å². The molecule has 13 heavy (non-hydrogen) atoms. The Kier molecular flexibility index (Phi) is 1.38. The van der Waals surface area contributed by atoms with E-state index >= 15 is 0 Å². The third-order valence-corrected chi connectivity index (χ3v) is 1.74. The molecule has 0 aromatic heterocycles. The Morgan fingerprint density at radius 3 is 2.54 bits per heavy atom. The van der Waals surface area contributed by atoms with Gasteiger partial charge in [0.05, 0.1) is 5.56 Å². The molecule has 1 nitrogen and oxygen atoms in total. The summed E-state index contributed by atoms with van der Waals surface area (Å²) in [6.45, 7) is 0. The van der Waals surface area contributed by atoms with Gasteiger partial charge in [0.1, 0.15) is 5.75 Å². The molecule has 1 aromatic carbocycles. The Morgan fingerprint density at radius 2 is 1.92 bits per heavy atom. The summed E-state index contributed by atoms with van der Waals surface area (Å²) in [7, 11) is 0. The highest BCUT2D eigenvalue weighted by atomic mass is 19.3. The van der Waals surface area contributed by atoms with E-state index in [2.05, 4.69) is 4.74 Å². The normalized spacial score (nSPS) is 22.2. The summed E-state index contributed by atoms with van der Waals surface area (Å²) in [5.74, 6) is -4.80. The van der Waals surface area contributed by atoms with E-state index in [0.29, 0.717) is 0 Å². The maximum absolute atomic E-state index is 12.8. The third-order valence-electron chi connectivity index (χ3n) is 1.74. The van der Waals surface area contributed by atoms with E-state index in [1.807, 2.05) is 6.07 Å². The fourth-order valence-electron chi connectivity index (χ4n) is 1.10.